The van der Waals surface area contributed by atoms with E-state index in [1.54, 1.807) is 36.4 Å². The van der Waals surface area contributed by atoms with Crippen molar-refractivity contribution in [3.8, 4) is 11.5 Å². The van der Waals surface area contributed by atoms with Crippen molar-refractivity contribution < 1.29 is 22.7 Å². The molecule has 1 amide bonds. The molecule has 0 unspecified atom stereocenters. The van der Waals surface area contributed by atoms with Gasteiger partial charge in [0, 0.05) is 12.2 Å². The molecule has 0 aliphatic carbocycles. The summed E-state index contributed by atoms with van der Waals surface area (Å²) in [6.07, 6.45) is 1.49. The molecule has 0 saturated heterocycles. The number of nitrogens with one attached hydrogen (secondary N) is 1. The molecule has 3 aromatic carbocycles. The van der Waals surface area contributed by atoms with Gasteiger partial charge in [0.25, 0.3) is 15.9 Å². The molecular formula is C24H24N2O5S. The predicted octanol–water partition coefficient (Wildman–Crippen LogP) is 3.85. The molecule has 0 spiro atoms. The van der Waals surface area contributed by atoms with Gasteiger partial charge in [0.05, 0.1) is 17.7 Å². The lowest BCUT2D eigenvalue weighted by atomic mass is 10.0. The van der Waals surface area contributed by atoms with Gasteiger partial charge in [0.15, 0.2) is 6.61 Å². The molecule has 0 bridgehead atoms. The van der Waals surface area contributed by atoms with E-state index < -0.39 is 10.0 Å². The number of rotatable bonds is 7. The zero-order valence-electron chi connectivity index (χ0n) is 17.7. The van der Waals surface area contributed by atoms with E-state index in [1.807, 2.05) is 24.3 Å². The van der Waals surface area contributed by atoms with E-state index in [9.17, 15) is 13.2 Å². The smallest absolute Gasteiger partial charge is 0.264 e. The predicted molar refractivity (Wildman–Crippen MR) is 123 cm³/mol. The van der Waals surface area contributed by atoms with Crippen LogP contribution in [0.3, 0.4) is 0 Å². The Morgan fingerprint density at radius 2 is 1.75 bits per heavy atom. The molecule has 1 N–H and O–H groups in total. The van der Waals surface area contributed by atoms with Crippen LogP contribution < -0.4 is 19.1 Å². The van der Waals surface area contributed by atoms with E-state index in [4.69, 9.17) is 9.47 Å². The summed E-state index contributed by atoms with van der Waals surface area (Å²) in [4.78, 5) is 12.5. The molecule has 1 aliphatic heterocycles. The fraction of sp³-hybridized carbons (Fsp3) is 0.208. The number of benzene rings is 3. The summed E-state index contributed by atoms with van der Waals surface area (Å²) in [5.41, 5.74) is 2.02. The Kier molecular flexibility index (Phi) is 6.32. The highest BCUT2D eigenvalue weighted by Gasteiger charge is 2.29. The number of ether oxygens (including phenoxy) is 2. The molecule has 1 heterocycles. The average Bonchev–Trinajstić information content (AvgIpc) is 2.83. The fourth-order valence-electron chi connectivity index (χ4n) is 3.61. The van der Waals surface area contributed by atoms with Gasteiger partial charge >= 0.3 is 0 Å². The minimum absolute atomic E-state index is 0.144. The van der Waals surface area contributed by atoms with Crippen molar-refractivity contribution in [1.82, 2.24) is 0 Å². The van der Waals surface area contributed by atoms with Gasteiger partial charge in [0.1, 0.15) is 11.5 Å². The Bertz CT molecular complexity index is 1190. The number of methoxy groups -OCH3 is 1. The third kappa shape index (κ3) is 4.70. The van der Waals surface area contributed by atoms with Crippen molar-refractivity contribution in [3.05, 3.63) is 78.4 Å². The number of amides is 1. The highest BCUT2D eigenvalue weighted by molar-refractivity contribution is 7.92. The quantitative estimate of drug-likeness (QED) is 0.589. The van der Waals surface area contributed by atoms with Crippen LogP contribution in [0.15, 0.2) is 77.7 Å². The Hall–Kier alpha value is -3.52. The maximum Gasteiger partial charge on any atom is 0.264 e. The number of carbonyl (C=O) groups excluding carboxylic acids is 1. The molecule has 0 atom stereocenters. The first-order chi connectivity index (χ1) is 15.5. The van der Waals surface area contributed by atoms with Crippen LogP contribution in [0.4, 0.5) is 11.4 Å². The number of hydrogen-bond acceptors (Lipinski definition) is 5. The van der Waals surface area contributed by atoms with Crippen LogP contribution in [0.1, 0.15) is 12.0 Å². The van der Waals surface area contributed by atoms with E-state index in [-0.39, 0.29) is 17.4 Å². The number of anilines is 2. The van der Waals surface area contributed by atoms with E-state index in [0.29, 0.717) is 29.4 Å². The Labute approximate surface area is 187 Å². The van der Waals surface area contributed by atoms with Crippen LogP contribution in [0, 0.1) is 0 Å². The summed E-state index contributed by atoms with van der Waals surface area (Å²) >= 11 is 0. The van der Waals surface area contributed by atoms with Crippen LogP contribution in [0.5, 0.6) is 11.5 Å². The Morgan fingerprint density at radius 1 is 1.00 bits per heavy atom. The summed E-state index contributed by atoms with van der Waals surface area (Å²) in [6.45, 7) is 0.227. The molecule has 0 radical (unpaired) electrons. The van der Waals surface area contributed by atoms with Crippen LogP contribution in [0.25, 0.3) is 0 Å². The van der Waals surface area contributed by atoms with Gasteiger partial charge in [0.2, 0.25) is 0 Å². The molecule has 0 saturated carbocycles. The number of carbonyl (C=O) groups is 1. The van der Waals surface area contributed by atoms with Gasteiger partial charge in [-0.1, -0.05) is 24.3 Å². The molecule has 32 heavy (non-hydrogen) atoms. The number of para-hydroxylation sites is 1. The number of hydrogen-bond donors (Lipinski definition) is 1. The minimum atomic E-state index is -3.75. The lowest BCUT2D eigenvalue weighted by molar-refractivity contribution is -0.118. The van der Waals surface area contributed by atoms with Gasteiger partial charge < -0.3 is 14.8 Å². The molecule has 166 valence electrons. The maximum atomic E-state index is 13.3. The van der Waals surface area contributed by atoms with Crippen LogP contribution >= 0.6 is 0 Å². The van der Waals surface area contributed by atoms with Crippen LogP contribution in [0.2, 0.25) is 0 Å². The first-order valence-electron chi connectivity index (χ1n) is 10.2. The van der Waals surface area contributed by atoms with Crippen LogP contribution in [-0.4, -0.2) is 34.6 Å². The minimum Gasteiger partial charge on any atom is -0.497 e. The molecule has 4 rings (SSSR count). The molecular weight excluding hydrogens is 428 g/mol. The highest BCUT2D eigenvalue weighted by atomic mass is 32.2. The summed E-state index contributed by atoms with van der Waals surface area (Å²) in [7, 11) is -2.22. The van der Waals surface area contributed by atoms with Crippen molar-refractivity contribution in [2.45, 2.75) is 17.7 Å². The van der Waals surface area contributed by atoms with Gasteiger partial charge in [-0.2, -0.15) is 0 Å². The maximum absolute atomic E-state index is 13.3. The lowest BCUT2D eigenvalue weighted by Crippen LogP contribution is -2.35. The van der Waals surface area contributed by atoms with Gasteiger partial charge in [-0.15, -0.1) is 0 Å². The molecule has 3 aromatic rings. The lowest BCUT2D eigenvalue weighted by Gasteiger charge is -2.31. The standard InChI is InChI=1S/C24H24N2O5S/c1-30-20-11-13-22(14-12-20)32(28,29)26-15-5-6-18-9-10-19(16-23(18)26)25-24(27)17-31-21-7-3-2-4-8-21/h2-4,7-14,16H,5-6,15,17H2,1H3,(H,25,27). The number of aryl methyl sites for hydroxylation is 1. The van der Waals surface area contributed by atoms with Crippen molar-refractivity contribution in [3.63, 3.8) is 0 Å². The van der Waals surface area contributed by atoms with Crippen molar-refractivity contribution in [1.29, 1.82) is 0 Å². The highest BCUT2D eigenvalue weighted by Crippen LogP contribution is 2.34. The normalized spacial score (nSPS) is 13.2. The van der Waals surface area contributed by atoms with Gasteiger partial charge in [-0.3, -0.25) is 9.10 Å². The van der Waals surface area contributed by atoms with Crippen LogP contribution in [-0.2, 0) is 21.2 Å². The second-order valence-electron chi connectivity index (χ2n) is 7.35. The van der Waals surface area contributed by atoms with Gasteiger partial charge in [-0.25, -0.2) is 8.42 Å². The van der Waals surface area contributed by atoms with Crippen molar-refractivity contribution in [2.75, 3.05) is 29.9 Å². The average molecular weight is 453 g/mol. The second-order valence-corrected chi connectivity index (χ2v) is 9.21. The van der Waals surface area contributed by atoms with Crippen molar-refractivity contribution in [2.24, 2.45) is 0 Å². The molecule has 0 aromatic heterocycles. The summed E-state index contributed by atoms with van der Waals surface area (Å²) < 4.78 is 38.6. The summed E-state index contributed by atoms with van der Waals surface area (Å²) in [5, 5.41) is 2.79. The Balaban J connectivity index is 1.53. The van der Waals surface area contributed by atoms with Crippen molar-refractivity contribution >= 4 is 27.3 Å². The van der Waals surface area contributed by atoms with E-state index in [0.717, 1.165) is 18.4 Å². The zero-order valence-corrected chi connectivity index (χ0v) is 18.5. The number of nitrogens with zero attached hydrogens (tertiary/aromatic N) is 1. The third-order valence-electron chi connectivity index (χ3n) is 5.21. The van der Waals surface area contributed by atoms with E-state index in [2.05, 4.69) is 5.32 Å². The number of fused-ring (bicyclic) bond motifs is 1. The summed E-state index contributed by atoms with van der Waals surface area (Å²) in [6, 6.07) is 20.7. The third-order valence-corrected chi connectivity index (χ3v) is 7.03. The van der Waals surface area contributed by atoms with E-state index in [1.165, 1.54) is 23.5 Å². The molecule has 0 fully saturated rings. The summed E-state index contributed by atoms with van der Waals surface area (Å²) in [5.74, 6) is 0.865. The number of sulfonamides is 1. The second kappa shape index (κ2) is 9.32. The molecule has 7 nitrogen and oxygen atoms in total. The molecule has 8 heteroatoms. The topological polar surface area (TPSA) is 84.9 Å². The molecule has 1 aliphatic rings. The van der Waals surface area contributed by atoms with Gasteiger partial charge in [-0.05, 0) is 66.9 Å². The first-order valence-corrected chi connectivity index (χ1v) is 11.7. The first kappa shape index (κ1) is 21.7. The monoisotopic (exact) mass is 452 g/mol. The van der Waals surface area contributed by atoms with E-state index >= 15 is 0 Å². The zero-order chi connectivity index (χ0) is 22.6. The SMILES string of the molecule is COc1ccc(S(=O)(=O)N2CCCc3ccc(NC(=O)COc4ccccc4)cc32)cc1. The Morgan fingerprint density at radius 3 is 2.47 bits per heavy atom. The largest absolute Gasteiger partial charge is 0.497 e. The fourth-order valence-corrected chi connectivity index (χ4v) is 5.14.